The summed E-state index contributed by atoms with van der Waals surface area (Å²) in [5.74, 6) is 0.386. The van der Waals surface area contributed by atoms with Crippen molar-refractivity contribution in [2.24, 2.45) is 5.92 Å². The normalized spacial score (nSPS) is 18.4. The highest BCUT2D eigenvalue weighted by atomic mass is 19.1. The summed E-state index contributed by atoms with van der Waals surface area (Å²) in [5, 5.41) is 3.18. The van der Waals surface area contributed by atoms with E-state index in [-0.39, 0.29) is 5.82 Å². The Bertz CT molecular complexity index is 408. The SMILES string of the molecule is COCCNCc1ccc(OCC2CCOC2)c(F)c1. The zero-order valence-corrected chi connectivity index (χ0v) is 11.9. The first kappa shape index (κ1) is 15.2. The fourth-order valence-electron chi connectivity index (χ4n) is 2.10. The summed E-state index contributed by atoms with van der Waals surface area (Å²) < 4.78 is 29.6. The van der Waals surface area contributed by atoms with Gasteiger partial charge >= 0.3 is 0 Å². The smallest absolute Gasteiger partial charge is 0.165 e. The summed E-state index contributed by atoms with van der Waals surface area (Å²) in [7, 11) is 1.66. The molecule has 5 heteroatoms. The summed E-state index contributed by atoms with van der Waals surface area (Å²) in [6, 6.07) is 5.09. The van der Waals surface area contributed by atoms with Crippen LogP contribution in [0.4, 0.5) is 4.39 Å². The number of hydrogen-bond donors (Lipinski definition) is 1. The van der Waals surface area contributed by atoms with E-state index in [0.717, 1.165) is 25.1 Å². The first-order chi connectivity index (χ1) is 9.79. The van der Waals surface area contributed by atoms with Crippen molar-refractivity contribution < 1.29 is 18.6 Å². The van der Waals surface area contributed by atoms with E-state index >= 15 is 0 Å². The van der Waals surface area contributed by atoms with Gasteiger partial charge in [0.25, 0.3) is 0 Å². The van der Waals surface area contributed by atoms with Crippen LogP contribution in [0.5, 0.6) is 5.75 Å². The first-order valence-electron chi connectivity index (χ1n) is 6.98. The third-order valence-electron chi connectivity index (χ3n) is 3.31. The van der Waals surface area contributed by atoms with Crippen LogP contribution in [0.25, 0.3) is 0 Å². The molecule has 1 aliphatic rings. The predicted octanol–water partition coefficient (Wildman–Crippen LogP) is 1.98. The molecular formula is C15H22FNO3. The molecule has 112 valence electrons. The molecule has 0 amide bonds. The highest BCUT2D eigenvalue weighted by molar-refractivity contribution is 5.29. The molecule has 1 unspecified atom stereocenters. The van der Waals surface area contributed by atoms with Crippen LogP contribution in [0.3, 0.4) is 0 Å². The van der Waals surface area contributed by atoms with Crippen molar-refractivity contribution in [3.8, 4) is 5.75 Å². The Morgan fingerprint density at radius 1 is 1.45 bits per heavy atom. The summed E-state index contributed by atoms with van der Waals surface area (Å²) in [6.45, 7) is 4.02. The van der Waals surface area contributed by atoms with Crippen molar-refractivity contribution in [3.05, 3.63) is 29.6 Å². The molecule has 1 aliphatic heterocycles. The standard InChI is InChI=1S/C15H22FNO3/c1-18-7-5-17-9-12-2-3-15(14(16)8-12)20-11-13-4-6-19-10-13/h2-3,8,13,17H,4-7,9-11H2,1H3. The van der Waals surface area contributed by atoms with Gasteiger partial charge in [-0.25, -0.2) is 4.39 Å². The monoisotopic (exact) mass is 283 g/mol. The number of ether oxygens (including phenoxy) is 3. The molecule has 1 aromatic carbocycles. The lowest BCUT2D eigenvalue weighted by molar-refractivity contribution is 0.165. The van der Waals surface area contributed by atoms with Crippen LogP contribution in [0.1, 0.15) is 12.0 Å². The second-order valence-corrected chi connectivity index (χ2v) is 4.97. The van der Waals surface area contributed by atoms with Crippen LogP contribution in [-0.2, 0) is 16.0 Å². The molecule has 1 fully saturated rings. The summed E-state index contributed by atoms with van der Waals surface area (Å²) >= 11 is 0. The minimum Gasteiger partial charge on any atom is -0.490 e. The quantitative estimate of drug-likeness (QED) is 0.741. The lowest BCUT2D eigenvalue weighted by Crippen LogP contribution is -2.18. The lowest BCUT2D eigenvalue weighted by Gasteiger charge is -2.12. The molecule has 4 nitrogen and oxygen atoms in total. The van der Waals surface area contributed by atoms with E-state index in [2.05, 4.69) is 5.32 Å². The van der Waals surface area contributed by atoms with Gasteiger partial charge in [-0.15, -0.1) is 0 Å². The van der Waals surface area contributed by atoms with Crippen molar-refractivity contribution in [2.75, 3.05) is 40.1 Å². The van der Waals surface area contributed by atoms with Gasteiger partial charge in [-0.05, 0) is 24.1 Å². The maximum absolute atomic E-state index is 13.9. The maximum Gasteiger partial charge on any atom is 0.165 e. The number of hydrogen-bond acceptors (Lipinski definition) is 4. The van der Waals surface area contributed by atoms with E-state index in [1.54, 1.807) is 13.2 Å². The van der Waals surface area contributed by atoms with E-state index in [4.69, 9.17) is 14.2 Å². The van der Waals surface area contributed by atoms with Gasteiger partial charge in [0.15, 0.2) is 11.6 Å². The van der Waals surface area contributed by atoms with Gasteiger partial charge in [0, 0.05) is 32.7 Å². The largest absolute Gasteiger partial charge is 0.490 e. The minimum absolute atomic E-state index is 0.310. The van der Waals surface area contributed by atoms with Crippen LogP contribution in [0.15, 0.2) is 18.2 Å². The first-order valence-corrected chi connectivity index (χ1v) is 6.98. The van der Waals surface area contributed by atoms with E-state index in [1.165, 1.54) is 6.07 Å². The van der Waals surface area contributed by atoms with Crippen molar-refractivity contribution in [2.45, 2.75) is 13.0 Å². The molecule has 0 spiro atoms. The third-order valence-corrected chi connectivity index (χ3v) is 3.31. The molecule has 20 heavy (non-hydrogen) atoms. The highest BCUT2D eigenvalue weighted by Crippen LogP contribution is 2.21. The van der Waals surface area contributed by atoms with Crippen LogP contribution in [-0.4, -0.2) is 40.1 Å². The molecule has 1 N–H and O–H groups in total. The number of nitrogens with one attached hydrogen (secondary N) is 1. The molecule has 1 atom stereocenters. The van der Waals surface area contributed by atoms with Crippen molar-refractivity contribution in [1.29, 1.82) is 0 Å². The Kier molecular flexibility index (Phi) is 6.24. The third kappa shape index (κ3) is 4.74. The molecule has 2 rings (SSSR count). The average molecular weight is 283 g/mol. The molecule has 0 bridgehead atoms. The van der Waals surface area contributed by atoms with Crippen LogP contribution < -0.4 is 10.1 Å². The van der Waals surface area contributed by atoms with Crippen LogP contribution >= 0.6 is 0 Å². The molecule has 0 aromatic heterocycles. The Labute approximate surface area is 119 Å². The predicted molar refractivity (Wildman–Crippen MR) is 74.4 cm³/mol. The summed E-state index contributed by atoms with van der Waals surface area (Å²) in [6.07, 6.45) is 0.989. The second kappa shape index (κ2) is 8.19. The van der Waals surface area contributed by atoms with Gasteiger partial charge in [-0.2, -0.15) is 0 Å². The molecule has 0 saturated carbocycles. The topological polar surface area (TPSA) is 39.7 Å². The number of halogens is 1. The zero-order chi connectivity index (χ0) is 14.2. The molecule has 0 radical (unpaired) electrons. The second-order valence-electron chi connectivity index (χ2n) is 4.97. The summed E-state index contributed by atoms with van der Waals surface area (Å²) in [5.41, 5.74) is 0.898. The molecule has 1 heterocycles. The number of methoxy groups -OCH3 is 1. The Hall–Kier alpha value is -1.17. The zero-order valence-electron chi connectivity index (χ0n) is 11.9. The van der Waals surface area contributed by atoms with Gasteiger partial charge in [0.1, 0.15) is 0 Å². The summed E-state index contributed by atoms with van der Waals surface area (Å²) in [4.78, 5) is 0. The maximum atomic E-state index is 13.9. The number of rotatable bonds is 8. The van der Waals surface area contributed by atoms with Crippen LogP contribution in [0, 0.1) is 11.7 Å². The van der Waals surface area contributed by atoms with Gasteiger partial charge in [0.2, 0.25) is 0 Å². The van der Waals surface area contributed by atoms with Gasteiger partial charge in [-0.3, -0.25) is 0 Å². The lowest BCUT2D eigenvalue weighted by atomic mass is 10.1. The Morgan fingerprint density at radius 3 is 3.05 bits per heavy atom. The van der Waals surface area contributed by atoms with Crippen LogP contribution in [0.2, 0.25) is 0 Å². The van der Waals surface area contributed by atoms with Crippen molar-refractivity contribution in [1.82, 2.24) is 5.32 Å². The van der Waals surface area contributed by atoms with E-state index in [9.17, 15) is 4.39 Å². The fourth-order valence-corrected chi connectivity index (χ4v) is 2.10. The Morgan fingerprint density at radius 2 is 2.35 bits per heavy atom. The number of benzene rings is 1. The highest BCUT2D eigenvalue weighted by Gasteiger charge is 2.17. The average Bonchev–Trinajstić information content (AvgIpc) is 2.96. The molecule has 0 aliphatic carbocycles. The minimum atomic E-state index is -0.310. The van der Waals surface area contributed by atoms with Gasteiger partial charge in [-0.1, -0.05) is 6.07 Å². The fraction of sp³-hybridized carbons (Fsp3) is 0.600. The van der Waals surface area contributed by atoms with E-state index < -0.39 is 0 Å². The van der Waals surface area contributed by atoms with Crippen molar-refractivity contribution in [3.63, 3.8) is 0 Å². The van der Waals surface area contributed by atoms with Gasteiger partial charge in [0.05, 0.1) is 19.8 Å². The van der Waals surface area contributed by atoms with Gasteiger partial charge < -0.3 is 19.5 Å². The molecular weight excluding hydrogens is 261 g/mol. The Balaban J connectivity index is 1.78. The molecule has 1 saturated heterocycles. The van der Waals surface area contributed by atoms with E-state index in [1.807, 2.05) is 6.07 Å². The van der Waals surface area contributed by atoms with Crippen molar-refractivity contribution >= 4 is 0 Å². The van der Waals surface area contributed by atoms with E-state index in [0.29, 0.717) is 38.0 Å². The molecule has 1 aromatic rings.